The van der Waals surface area contributed by atoms with Crippen LogP contribution in [0.1, 0.15) is 58.3 Å². The van der Waals surface area contributed by atoms with Gasteiger partial charge in [-0.15, -0.1) is 12.4 Å². The lowest BCUT2D eigenvalue weighted by atomic mass is 9.77. The van der Waals surface area contributed by atoms with Gasteiger partial charge in [0.25, 0.3) is 0 Å². The van der Waals surface area contributed by atoms with Crippen LogP contribution in [0.25, 0.3) is 0 Å². The van der Waals surface area contributed by atoms with Crippen molar-refractivity contribution in [3.8, 4) is 0 Å². The van der Waals surface area contributed by atoms with Crippen molar-refractivity contribution in [1.82, 2.24) is 5.32 Å². The minimum Gasteiger partial charge on any atom is -0.467 e. The second-order valence-electron chi connectivity index (χ2n) is 6.86. The van der Waals surface area contributed by atoms with Crippen LogP contribution in [0.2, 0.25) is 0 Å². The normalized spacial score (nSPS) is 34.6. The van der Waals surface area contributed by atoms with Gasteiger partial charge in [-0.3, -0.25) is 4.79 Å². The van der Waals surface area contributed by atoms with E-state index in [4.69, 9.17) is 10.5 Å². The van der Waals surface area contributed by atoms with Gasteiger partial charge in [-0.2, -0.15) is 0 Å². The van der Waals surface area contributed by atoms with Gasteiger partial charge in [0.05, 0.1) is 7.11 Å². The molecule has 128 valence electrons. The Kier molecular flexibility index (Phi) is 7.13. The number of nitrogens with two attached hydrogens (primary N) is 1. The Morgan fingerprint density at radius 1 is 1.23 bits per heavy atom. The average molecular weight is 333 g/mol. The van der Waals surface area contributed by atoms with Gasteiger partial charge in [0.15, 0.2) is 0 Å². The standard InChI is InChI=1S/C16H28N2O3.ClH/c1-11-6-8-16(9-7-11,15(20)21-2)18-14(19)10-12-4-3-5-13(12)17;/h11-13H,3-10,17H2,1-2H3,(H,18,19);1H/t11?,12-,13+,16?;/m0./s1. The molecule has 2 aliphatic rings. The predicted molar refractivity (Wildman–Crippen MR) is 87.7 cm³/mol. The molecular weight excluding hydrogens is 304 g/mol. The lowest BCUT2D eigenvalue weighted by Crippen LogP contribution is -2.57. The number of nitrogens with one attached hydrogen (secondary N) is 1. The molecule has 6 heteroatoms. The van der Waals surface area contributed by atoms with Crippen molar-refractivity contribution in [3.63, 3.8) is 0 Å². The van der Waals surface area contributed by atoms with E-state index in [1.807, 2.05) is 0 Å². The van der Waals surface area contributed by atoms with Crippen LogP contribution >= 0.6 is 12.4 Å². The first-order chi connectivity index (χ1) is 9.97. The number of hydrogen-bond acceptors (Lipinski definition) is 4. The molecule has 3 N–H and O–H groups in total. The second kappa shape index (κ2) is 8.16. The van der Waals surface area contributed by atoms with Crippen LogP contribution in [0.4, 0.5) is 0 Å². The number of halogens is 1. The first kappa shape index (κ1) is 19.2. The highest BCUT2D eigenvalue weighted by Crippen LogP contribution is 2.33. The molecule has 0 saturated heterocycles. The van der Waals surface area contributed by atoms with Crippen molar-refractivity contribution in [2.45, 2.75) is 69.9 Å². The molecule has 0 unspecified atom stereocenters. The molecule has 1 amide bonds. The van der Waals surface area contributed by atoms with Gasteiger partial charge in [-0.25, -0.2) is 4.79 Å². The van der Waals surface area contributed by atoms with Gasteiger partial charge < -0.3 is 15.8 Å². The molecule has 0 heterocycles. The summed E-state index contributed by atoms with van der Waals surface area (Å²) >= 11 is 0. The highest BCUT2D eigenvalue weighted by atomic mass is 35.5. The molecule has 2 aliphatic carbocycles. The first-order valence-corrected chi connectivity index (χ1v) is 8.12. The SMILES string of the molecule is COC(=O)C1(NC(=O)C[C@@H]2CCC[C@H]2N)CCC(C)CC1.Cl. The molecule has 0 aromatic rings. The van der Waals surface area contributed by atoms with Crippen molar-refractivity contribution in [3.05, 3.63) is 0 Å². The lowest BCUT2D eigenvalue weighted by molar-refractivity contribution is -0.153. The number of carbonyl (C=O) groups is 2. The molecule has 2 atom stereocenters. The number of methoxy groups -OCH3 is 1. The molecule has 0 spiro atoms. The molecule has 22 heavy (non-hydrogen) atoms. The third-order valence-electron chi connectivity index (χ3n) is 5.25. The lowest BCUT2D eigenvalue weighted by Gasteiger charge is -2.37. The number of amides is 1. The number of ether oxygens (including phenoxy) is 1. The van der Waals surface area contributed by atoms with Crippen LogP contribution < -0.4 is 11.1 Å². The van der Waals surface area contributed by atoms with Crippen molar-refractivity contribution in [2.75, 3.05) is 7.11 Å². The Bertz CT molecular complexity index is 395. The second-order valence-corrected chi connectivity index (χ2v) is 6.86. The molecule has 2 fully saturated rings. The van der Waals surface area contributed by atoms with Gasteiger partial charge >= 0.3 is 5.97 Å². The Morgan fingerprint density at radius 2 is 1.86 bits per heavy atom. The van der Waals surface area contributed by atoms with Crippen LogP contribution in [-0.2, 0) is 14.3 Å². The molecular formula is C16H29ClN2O3. The van der Waals surface area contributed by atoms with E-state index in [1.165, 1.54) is 7.11 Å². The smallest absolute Gasteiger partial charge is 0.331 e. The molecule has 2 rings (SSSR count). The summed E-state index contributed by atoms with van der Waals surface area (Å²) in [5.41, 5.74) is 5.21. The van der Waals surface area contributed by atoms with E-state index in [1.54, 1.807) is 0 Å². The van der Waals surface area contributed by atoms with Crippen molar-refractivity contribution in [1.29, 1.82) is 0 Å². The van der Waals surface area contributed by atoms with Crippen LogP contribution in [0, 0.1) is 11.8 Å². The summed E-state index contributed by atoms with van der Waals surface area (Å²) < 4.78 is 4.94. The Labute approximate surface area is 139 Å². The third kappa shape index (κ3) is 4.35. The molecule has 0 radical (unpaired) electrons. The minimum atomic E-state index is -0.818. The number of esters is 1. The van der Waals surface area contributed by atoms with Crippen LogP contribution in [0.15, 0.2) is 0 Å². The van der Waals surface area contributed by atoms with Crippen LogP contribution in [-0.4, -0.2) is 30.6 Å². The zero-order valence-corrected chi connectivity index (χ0v) is 14.4. The minimum absolute atomic E-state index is 0. The Morgan fingerprint density at radius 3 is 2.36 bits per heavy atom. The Hall–Kier alpha value is -0.810. The monoisotopic (exact) mass is 332 g/mol. The van der Waals surface area contributed by atoms with Crippen LogP contribution in [0.5, 0.6) is 0 Å². The highest BCUT2D eigenvalue weighted by Gasteiger charge is 2.43. The van der Waals surface area contributed by atoms with E-state index >= 15 is 0 Å². The topological polar surface area (TPSA) is 81.4 Å². The van der Waals surface area contributed by atoms with Gasteiger partial charge in [-0.1, -0.05) is 13.3 Å². The largest absolute Gasteiger partial charge is 0.467 e. The van der Waals surface area contributed by atoms with E-state index in [-0.39, 0.29) is 36.2 Å². The maximum Gasteiger partial charge on any atom is 0.331 e. The quantitative estimate of drug-likeness (QED) is 0.773. The summed E-state index contributed by atoms with van der Waals surface area (Å²) in [4.78, 5) is 24.5. The predicted octanol–water partition coefficient (Wildman–Crippen LogP) is 2.16. The van der Waals surface area contributed by atoms with Gasteiger partial charge in [0.2, 0.25) is 5.91 Å². The molecule has 0 aromatic heterocycles. The zero-order valence-electron chi connectivity index (χ0n) is 13.6. The average Bonchev–Trinajstić information content (AvgIpc) is 2.86. The molecule has 2 saturated carbocycles. The highest BCUT2D eigenvalue weighted by molar-refractivity contribution is 5.88. The fraction of sp³-hybridized carbons (Fsp3) is 0.875. The fourth-order valence-corrected chi connectivity index (χ4v) is 3.71. The molecule has 0 aromatic carbocycles. The van der Waals surface area contributed by atoms with Crippen molar-refractivity contribution in [2.24, 2.45) is 17.6 Å². The summed E-state index contributed by atoms with van der Waals surface area (Å²) in [7, 11) is 1.39. The molecule has 0 bridgehead atoms. The van der Waals surface area contributed by atoms with E-state index in [0.717, 1.165) is 32.1 Å². The number of hydrogen-bond donors (Lipinski definition) is 2. The van der Waals surface area contributed by atoms with Crippen molar-refractivity contribution < 1.29 is 14.3 Å². The summed E-state index contributed by atoms with van der Waals surface area (Å²) in [6, 6.07) is 0.121. The van der Waals surface area contributed by atoms with E-state index in [2.05, 4.69) is 12.2 Å². The molecule has 0 aliphatic heterocycles. The van der Waals surface area contributed by atoms with E-state index in [0.29, 0.717) is 25.2 Å². The van der Waals surface area contributed by atoms with Crippen molar-refractivity contribution >= 4 is 24.3 Å². The van der Waals surface area contributed by atoms with Gasteiger partial charge in [0.1, 0.15) is 5.54 Å². The third-order valence-corrected chi connectivity index (χ3v) is 5.25. The number of rotatable bonds is 4. The first-order valence-electron chi connectivity index (χ1n) is 8.12. The molecule has 5 nitrogen and oxygen atoms in total. The Balaban J connectivity index is 0.00000242. The van der Waals surface area contributed by atoms with E-state index < -0.39 is 5.54 Å². The maximum absolute atomic E-state index is 12.3. The van der Waals surface area contributed by atoms with E-state index in [9.17, 15) is 9.59 Å². The fourth-order valence-electron chi connectivity index (χ4n) is 3.71. The summed E-state index contributed by atoms with van der Waals surface area (Å²) in [5, 5.41) is 2.98. The zero-order chi connectivity index (χ0) is 15.5. The van der Waals surface area contributed by atoms with Crippen LogP contribution in [0.3, 0.4) is 0 Å². The number of carbonyl (C=O) groups excluding carboxylic acids is 2. The summed E-state index contributed by atoms with van der Waals surface area (Å²) in [6.07, 6.45) is 6.76. The van der Waals surface area contributed by atoms with Gasteiger partial charge in [-0.05, 0) is 50.4 Å². The maximum atomic E-state index is 12.3. The summed E-state index contributed by atoms with van der Waals surface area (Å²) in [5.74, 6) is 0.487. The van der Waals surface area contributed by atoms with Gasteiger partial charge in [0, 0.05) is 12.5 Å². The summed E-state index contributed by atoms with van der Waals surface area (Å²) in [6.45, 7) is 2.18.